The normalized spacial score (nSPS) is 16.6. The number of fused-ring (bicyclic) bond motifs is 3. The molecule has 1 N–H and O–H groups in total. The first-order valence-electron chi connectivity index (χ1n) is 11.6. The van der Waals surface area contributed by atoms with Gasteiger partial charge in [0.25, 0.3) is 5.56 Å². The summed E-state index contributed by atoms with van der Waals surface area (Å²) in [6.07, 6.45) is 1.80. The van der Waals surface area contributed by atoms with Crippen molar-refractivity contribution in [3.63, 3.8) is 0 Å². The van der Waals surface area contributed by atoms with Gasteiger partial charge >= 0.3 is 0 Å². The van der Waals surface area contributed by atoms with Crippen molar-refractivity contribution in [2.75, 3.05) is 13.1 Å². The summed E-state index contributed by atoms with van der Waals surface area (Å²) in [5.74, 6) is 0.526. The van der Waals surface area contributed by atoms with Gasteiger partial charge < -0.3 is 14.4 Å². The van der Waals surface area contributed by atoms with Crippen LogP contribution >= 0.6 is 11.6 Å². The third kappa shape index (κ3) is 4.25. The molecule has 0 saturated carbocycles. The summed E-state index contributed by atoms with van der Waals surface area (Å²) in [6, 6.07) is 19.2. The molecule has 1 unspecified atom stereocenters. The van der Waals surface area contributed by atoms with Gasteiger partial charge in [0.2, 0.25) is 0 Å². The maximum absolute atomic E-state index is 12.9. The number of ether oxygens (including phenoxy) is 1. The largest absolute Gasteiger partial charge is 0.489 e. The molecule has 1 aliphatic rings. The standard InChI is InChI=1S/C27H28ClN3O3/c1-18(2)29-12-11-24-27(28)22-14-20(8-9-23(22)31(24)26(33)16-29)30-13-10-21(15-25(30)32)34-17-19-6-4-3-5-7-19/h3-10,13-15,18,26,33H,11-12,16-17H2,1-2H3. The van der Waals surface area contributed by atoms with Crippen molar-refractivity contribution in [1.29, 1.82) is 0 Å². The number of aromatic nitrogens is 2. The minimum absolute atomic E-state index is 0.186. The average Bonchev–Trinajstić information content (AvgIpc) is 2.99. The number of benzene rings is 2. The summed E-state index contributed by atoms with van der Waals surface area (Å²) in [4.78, 5) is 15.1. The quantitative estimate of drug-likeness (QED) is 0.449. The highest BCUT2D eigenvalue weighted by molar-refractivity contribution is 6.36. The molecule has 5 rings (SSSR count). The highest BCUT2D eigenvalue weighted by Crippen LogP contribution is 2.36. The van der Waals surface area contributed by atoms with Gasteiger partial charge in [0.05, 0.1) is 10.5 Å². The minimum Gasteiger partial charge on any atom is -0.489 e. The van der Waals surface area contributed by atoms with Gasteiger partial charge in [-0.2, -0.15) is 0 Å². The second-order valence-electron chi connectivity index (χ2n) is 9.00. The van der Waals surface area contributed by atoms with Crippen LogP contribution in [0.1, 0.15) is 31.3 Å². The van der Waals surface area contributed by atoms with E-state index < -0.39 is 6.23 Å². The zero-order valence-corrected chi connectivity index (χ0v) is 20.1. The Morgan fingerprint density at radius 2 is 1.91 bits per heavy atom. The molecule has 1 aliphatic heterocycles. The lowest BCUT2D eigenvalue weighted by atomic mass is 10.2. The minimum atomic E-state index is -0.676. The van der Waals surface area contributed by atoms with Crippen LogP contribution < -0.4 is 10.3 Å². The zero-order chi connectivity index (χ0) is 23.8. The van der Waals surface area contributed by atoms with Crippen LogP contribution in [-0.4, -0.2) is 38.3 Å². The summed E-state index contributed by atoms with van der Waals surface area (Å²) in [7, 11) is 0. The lowest BCUT2D eigenvalue weighted by Gasteiger charge is -2.26. The number of aliphatic hydroxyl groups is 1. The highest BCUT2D eigenvalue weighted by Gasteiger charge is 2.27. The Morgan fingerprint density at radius 1 is 1.12 bits per heavy atom. The van der Waals surface area contributed by atoms with Crippen molar-refractivity contribution in [3.8, 4) is 11.4 Å². The van der Waals surface area contributed by atoms with Crippen molar-refractivity contribution < 1.29 is 9.84 Å². The molecule has 34 heavy (non-hydrogen) atoms. The topological polar surface area (TPSA) is 59.6 Å². The van der Waals surface area contributed by atoms with Gasteiger partial charge in [0.15, 0.2) is 0 Å². The van der Waals surface area contributed by atoms with Gasteiger partial charge in [-0.25, -0.2) is 0 Å². The third-order valence-corrected chi connectivity index (χ3v) is 6.92. The first-order chi connectivity index (χ1) is 16.4. The Kier molecular flexibility index (Phi) is 6.21. The summed E-state index contributed by atoms with van der Waals surface area (Å²) in [6.45, 7) is 6.06. The highest BCUT2D eigenvalue weighted by atomic mass is 35.5. The van der Waals surface area contributed by atoms with E-state index in [-0.39, 0.29) is 5.56 Å². The Bertz CT molecular complexity index is 1380. The Morgan fingerprint density at radius 3 is 2.65 bits per heavy atom. The van der Waals surface area contributed by atoms with Crippen LogP contribution in [0.4, 0.5) is 0 Å². The van der Waals surface area contributed by atoms with Crippen LogP contribution in [0, 0.1) is 0 Å². The molecule has 2 aromatic heterocycles. The van der Waals surface area contributed by atoms with Crippen molar-refractivity contribution in [1.82, 2.24) is 14.0 Å². The van der Waals surface area contributed by atoms with E-state index in [0.29, 0.717) is 35.7 Å². The van der Waals surface area contributed by atoms with Crippen LogP contribution in [0.25, 0.3) is 16.6 Å². The first kappa shape index (κ1) is 22.7. The van der Waals surface area contributed by atoms with Gasteiger partial charge in [0.1, 0.15) is 18.6 Å². The molecule has 176 valence electrons. The van der Waals surface area contributed by atoms with E-state index in [1.165, 1.54) is 6.07 Å². The molecule has 3 heterocycles. The maximum Gasteiger partial charge on any atom is 0.258 e. The molecular weight excluding hydrogens is 450 g/mol. The van der Waals surface area contributed by atoms with E-state index in [0.717, 1.165) is 35.1 Å². The molecule has 4 aromatic rings. The van der Waals surface area contributed by atoms with E-state index >= 15 is 0 Å². The number of β-amino-alcohol motifs (C(OH)–C–C–N with tert-alkyl or cyclic N) is 1. The van der Waals surface area contributed by atoms with Crippen LogP contribution in [0.15, 0.2) is 71.7 Å². The average molecular weight is 478 g/mol. The lowest BCUT2D eigenvalue weighted by Crippen LogP contribution is -2.35. The number of hydrogen-bond donors (Lipinski definition) is 1. The molecule has 0 aliphatic carbocycles. The molecule has 0 spiro atoms. The number of pyridine rings is 1. The summed E-state index contributed by atoms with van der Waals surface area (Å²) < 4.78 is 9.30. The predicted molar refractivity (Wildman–Crippen MR) is 135 cm³/mol. The molecule has 0 amide bonds. The Labute approximate surface area is 203 Å². The van der Waals surface area contributed by atoms with Gasteiger partial charge in [-0.1, -0.05) is 41.9 Å². The summed E-state index contributed by atoms with van der Waals surface area (Å²) in [5.41, 5.74) is 3.38. The number of nitrogens with zero attached hydrogens (tertiary/aromatic N) is 3. The van der Waals surface area contributed by atoms with Crippen LogP contribution in [0.2, 0.25) is 5.02 Å². The van der Waals surface area contributed by atoms with Gasteiger partial charge in [-0.05, 0) is 43.7 Å². The monoisotopic (exact) mass is 477 g/mol. The fourth-order valence-electron chi connectivity index (χ4n) is 4.64. The van der Waals surface area contributed by atoms with E-state index in [4.69, 9.17) is 16.3 Å². The predicted octanol–water partition coefficient (Wildman–Crippen LogP) is 4.78. The van der Waals surface area contributed by atoms with Crippen molar-refractivity contribution in [3.05, 3.63) is 93.5 Å². The second-order valence-corrected chi connectivity index (χ2v) is 9.37. The SMILES string of the molecule is CC(C)N1CCc2c(Cl)c3cc(-n4ccc(OCc5ccccc5)cc4=O)ccc3n2C(O)C1. The zero-order valence-electron chi connectivity index (χ0n) is 19.3. The Hall–Kier alpha value is -3.06. The summed E-state index contributed by atoms with van der Waals surface area (Å²) >= 11 is 6.81. The van der Waals surface area contributed by atoms with Crippen molar-refractivity contribution >= 4 is 22.5 Å². The van der Waals surface area contributed by atoms with Crippen molar-refractivity contribution in [2.45, 2.75) is 39.1 Å². The van der Waals surface area contributed by atoms with Crippen molar-refractivity contribution in [2.24, 2.45) is 0 Å². The second kappa shape index (κ2) is 9.29. The van der Waals surface area contributed by atoms with Gasteiger partial charge in [-0.3, -0.25) is 14.3 Å². The summed E-state index contributed by atoms with van der Waals surface area (Å²) in [5, 5.41) is 12.4. The molecule has 0 saturated heterocycles. The van der Waals surface area contributed by atoms with Crippen LogP contribution in [0.5, 0.6) is 5.75 Å². The number of aliphatic hydroxyl groups excluding tert-OH is 1. The molecule has 0 radical (unpaired) electrons. The first-order valence-corrected chi connectivity index (χ1v) is 11.9. The van der Waals surface area contributed by atoms with Crippen LogP contribution in [0.3, 0.4) is 0 Å². The molecule has 0 fully saturated rings. The number of halogens is 1. The molecule has 6 nitrogen and oxygen atoms in total. The number of hydrogen-bond acceptors (Lipinski definition) is 4. The van der Waals surface area contributed by atoms with E-state index in [1.54, 1.807) is 16.8 Å². The molecular formula is C27H28ClN3O3. The Balaban J connectivity index is 1.44. The third-order valence-electron chi connectivity index (χ3n) is 6.50. The molecule has 0 bridgehead atoms. The molecule has 2 aromatic carbocycles. The van der Waals surface area contributed by atoms with E-state index in [1.807, 2.05) is 53.1 Å². The van der Waals surface area contributed by atoms with Crippen LogP contribution in [-0.2, 0) is 13.0 Å². The fourth-order valence-corrected chi connectivity index (χ4v) is 4.98. The van der Waals surface area contributed by atoms with E-state index in [2.05, 4.69) is 18.7 Å². The number of rotatable bonds is 5. The molecule has 7 heteroatoms. The fraction of sp³-hybridized carbons (Fsp3) is 0.296. The van der Waals surface area contributed by atoms with E-state index in [9.17, 15) is 9.90 Å². The molecule has 1 atom stereocenters. The lowest BCUT2D eigenvalue weighted by molar-refractivity contribution is 0.0577. The maximum atomic E-state index is 12.9. The van der Waals surface area contributed by atoms with Gasteiger partial charge in [-0.15, -0.1) is 0 Å². The smallest absolute Gasteiger partial charge is 0.258 e. The van der Waals surface area contributed by atoms with Gasteiger partial charge in [0, 0.05) is 54.6 Å².